The molecule has 4 aromatic heterocycles. The predicted molar refractivity (Wildman–Crippen MR) is 363 cm³/mol. The highest BCUT2D eigenvalue weighted by atomic mass is 16.3. The number of H-pyrrole nitrogens is 3. The molecule has 10 rings (SSSR count). The molecular weight excluding hydrogens is 1210 g/mol. The van der Waals surface area contributed by atoms with Crippen molar-refractivity contribution in [2.24, 2.45) is 11.8 Å². The Labute approximate surface area is 553 Å². The van der Waals surface area contributed by atoms with Crippen molar-refractivity contribution in [2.75, 3.05) is 0 Å². The monoisotopic (exact) mass is 1290 g/mol. The van der Waals surface area contributed by atoms with Gasteiger partial charge in [-0.15, -0.1) is 13.2 Å². The summed E-state index contributed by atoms with van der Waals surface area (Å²) in [6.07, 6.45) is 19.7. The fraction of sp³-hybridized carbons (Fsp3) is 0.352. The first kappa shape index (κ1) is 71.7. The molecule has 24 nitrogen and oxygen atoms in total. The number of hydrogen-bond acceptors (Lipinski definition) is 13. The van der Waals surface area contributed by atoms with Crippen molar-refractivity contribution in [2.45, 2.75) is 150 Å². The van der Waals surface area contributed by atoms with Crippen LogP contribution in [0.25, 0.3) is 24.3 Å². The summed E-state index contributed by atoms with van der Waals surface area (Å²) in [7, 11) is 0. The average molecular weight is 1290 g/mol. The van der Waals surface area contributed by atoms with Gasteiger partial charge in [0.05, 0.1) is 47.3 Å². The number of amides is 8. The second-order valence-electron chi connectivity index (χ2n) is 26.3. The van der Waals surface area contributed by atoms with Gasteiger partial charge in [-0.1, -0.05) is 161 Å². The molecule has 0 saturated carbocycles. The number of piperazine rings is 4. The minimum absolute atomic E-state index is 0.0335. The average Bonchev–Trinajstić information content (AvgIpc) is 1.79. The lowest BCUT2D eigenvalue weighted by molar-refractivity contribution is -0.132. The molecule has 4 atom stereocenters. The Morgan fingerprint density at radius 2 is 0.926 bits per heavy atom. The van der Waals surface area contributed by atoms with Gasteiger partial charge >= 0.3 is 0 Å². The molecule has 4 aliphatic rings. The second kappa shape index (κ2) is 31.2. The fourth-order valence-corrected chi connectivity index (χ4v) is 10.00. The van der Waals surface area contributed by atoms with E-state index in [0.717, 1.165) is 28.3 Å². The number of aromatic nitrogens is 7. The zero-order chi connectivity index (χ0) is 69.5. The molecule has 2 aromatic carbocycles. The van der Waals surface area contributed by atoms with Crippen LogP contribution < -0.4 is 42.5 Å². The molecule has 0 bridgehead atoms. The Morgan fingerprint density at radius 1 is 0.526 bits per heavy atom. The third kappa shape index (κ3) is 19.2. The number of hydrogen-bond donors (Lipinski definition) is 11. The van der Waals surface area contributed by atoms with E-state index in [-0.39, 0.29) is 98.1 Å². The lowest BCUT2D eigenvalue weighted by atomic mass is 9.88. The van der Waals surface area contributed by atoms with E-state index < -0.39 is 24.2 Å². The van der Waals surface area contributed by atoms with Crippen LogP contribution in [-0.2, 0) is 73.9 Å². The number of carbonyl (C=O) groups excluding carboxylic acids is 8. The minimum Gasteiger partial charge on any atom is -0.447 e. The summed E-state index contributed by atoms with van der Waals surface area (Å²) in [5.74, 6) is -0.549. The van der Waals surface area contributed by atoms with Crippen molar-refractivity contribution in [3.63, 3.8) is 0 Å². The Morgan fingerprint density at radius 3 is 1.33 bits per heavy atom. The number of imidazole rings is 3. The van der Waals surface area contributed by atoms with Gasteiger partial charge in [-0.3, -0.25) is 38.4 Å². The van der Waals surface area contributed by atoms with Crippen LogP contribution in [0.3, 0.4) is 0 Å². The first-order valence-electron chi connectivity index (χ1n) is 31.3. The van der Waals surface area contributed by atoms with Gasteiger partial charge in [0.2, 0.25) is 23.6 Å². The maximum Gasteiger partial charge on any atom is 0.268 e. The van der Waals surface area contributed by atoms with Crippen molar-refractivity contribution < 1.29 is 42.8 Å². The van der Waals surface area contributed by atoms with Crippen molar-refractivity contribution >= 4 is 71.6 Å². The van der Waals surface area contributed by atoms with Gasteiger partial charge in [-0.2, -0.15) is 0 Å². The van der Waals surface area contributed by atoms with Gasteiger partial charge in [0, 0.05) is 35.5 Å². The fourth-order valence-electron chi connectivity index (χ4n) is 10.00. The number of allylic oxidation sites excluding steroid dienone is 4. The van der Waals surface area contributed by atoms with Crippen LogP contribution in [0.4, 0.5) is 0 Å². The Kier molecular flexibility index (Phi) is 23.6. The van der Waals surface area contributed by atoms with Crippen LogP contribution in [0.2, 0.25) is 0 Å². The van der Waals surface area contributed by atoms with Crippen LogP contribution >= 0.6 is 0 Å². The normalized spacial score (nSPS) is 19.9. The predicted octanol–water partition coefficient (Wildman–Crippen LogP) is 7.26. The van der Waals surface area contributed by atoms with E-state index in [9.17, 15) is 38.4 Å². The quantitative estimate of drug-likeness (QED) is 0.0336. The standard InChI is InChI=1S/C20H22N4O2.C19H21N3O3.2C16H22N4O2/c1-4-20(2,3)17-14(21-12-22-17)11-16-19(26)23-15(18(25)24-16)10-13-8-6-5-7-9-13;1-19(2,3)16-13(20-11-25-16)10-15-18(24)21-14(17(23)22-15)9-12-7-5-4-6-8-12;1-9(2)5-6-13-17-8-11(18-13)7-12-15(21)20-14(10(3)4)16(22)19-12;1-6-16(4,5)13-10(17-8-18-13)7-11-14(21)20-12(9(2)3)15(22)19-11/h4-9,11-12,15H,1,10H2,2-3H3,(H,21,22)(H,23,26)(H,24,25);4-8,10-11,14H,9H2,1-3H3,(H,21,24)(H,22,23);5,7-8,10,14H,6H2,1-4H3,(H,17,18)(H,19,22)(H,20,21);6-9,12H,1H2,2-5H3,(H,17,18)(H,19,22)(H,20,21). The molecule has 4 aliphatic heterocycles. The molecule has 95 heavy (non-hydrogen) atoms. The topological polar surface area (TPSA) is 345 Å². The molecule has 6 aromatic rings. The molecule has 4 fully saturated rings. The van der Waals surface area contributed by atoms with E-state index in [2.05, 4.69) is 96.7 Å². The van der Waals surface area contributed by atoms with Gasteiger partial charge in [-0.05, 0) is 61.1 Å². The van der Waals surface area contributed by atoms with Crippen LogP contribution in [0.5, 0.6) is 0 Å². The molecule has 4 unspecified atom stereocenters. The van der Waals surface area contributed by atoms with E-state index in [1.807, 2.05) is 151 Å². The van der Waals surface area contributed by atoms with Crippen molar-refractivity contribution in [3.8, 4) is 0 Å². The summed E-state index contributed by atoms with van der Waals surface area (Å²) < 4.78 is 5.43. The largest absolute Gasteiger partial charge is 0.447 e. The third-order valence-corrected chi connectivity index (χ3v) is 15.7. The van der Waals surface area contributed by atoms with Crippen LogP contribution in [0.15, 0.2) is 150 Å². The lowest BCUT2D eigenvalue weighted by Crippen LogP contribution is -2.56. The smallest absolute Gasteiger partial charge is 0.268 e. The van der Waals surface area contributed by atoms with E-state index in [1.165, 1.54) is 12.0 Å². The summed E-state index contributed by atoms with van der Waals surface area (Å²) >= 11 is 0. The Balaban J connectivity index is 0.000000179. The Bertz CT molecular complexity index is 3970. The van der Waals surface area contributed by atoms with Crippen molar-refractivity contribution in [1.82, 2.24) is 77.4 Å². The second-order valence-corrected chi connectivity index (χ2v) is 26.3. The highest BCUT2D eigenvalue weighted by Gasteiger charge is 2.36. The van der Waals surface area contributed by atoms with Crippen LogP contribution in [-0.4, -0.2) is 106 Å². The summed E-state index contributed by atoms with van der Waals surface area (Å²) in [5, 5.41) is 21.7. The zero-order valence-electron chi connectivity index (χ0n) is 56.1. The number of oxazole rings is 1. The highest BCUT2D eigenvalue weighted by molar-refractivity contribution is 6.09. The molecule has 11 N–H and O–H groups in total. The first-order valence-corrected chi connectivity index (χ1v) is 31.3. The maximum atomic E-state index is 12.4. The van der Waals surface area contributed by atoms with Crippen LogP contribution in [0.1, 0.15) is 147 Å². The summed E-state index contributed by atoms with van der Waals surface area (Å²) in [6, 6.07) is 17.0. The first-order chi connectivity index (χ1) is 44.9. The molecule has 24 heteroatoms. The SMILES string of the molecule is C=CC(C)(C)c1[nH]cnc1C=C1NC(=O)C(C(C)C)NC1=O.C=CC(C)(C)c1[nH]cnc1C=C1NC(=O)C(Cc2ccccc2)NC1=O.CC(C)(C)c1ocnc1C=C1NC(=O)C(Cc2ccccc2)NC1=O.CC(C)=CCc1ncc(C=C2NC(=O)C(C(C)C)NC2=O)[nH]1. The molecule has 0 aliphatic carbocycles. The molecule has 4 saturated heterocycles. The summed E-state index contributed by atoms with van der Waals surface area (Å²) in [6.45, 7) is 33.2. The van der Waals surface area contributed by atoms with Gasteiger partial charge in [0.25, 0.3) is 23.6 Å². The van der Waals surface area contributed by atoms with E-state index >= 15 is 0 Å². The van der Waals surface area contributed by atoms with E-state index in [1.54, 1.807) is 55.3 Å². The van der Waals surface area contributed by atoms with Gasteiger partial charge in [-0.25, -0.2) is 19.9 Å². The molecule has 500 valence electrons. The van der Waals surface area contributed by atoms with Crippen molar-refractivity contribution in [3.05, 3.63) is 203 Å². The van der Waals surface area contributed by atoms with Crippen molar-refractivity contribution in [1.29, 1.82) is 0 Å². The number of aromatic amines is 3. The van der Waals surface area contributed by atoms with Gasteiger partial charge in [0.15, 0.2) is 6.39 Å². The zero-order valence-corrected chi connectivity index (χ0v) is 56.1. The highest BCUT2D eigenvalue weighted by Crippen LogP contribution is 2.29. The van der Waals surface area contributed by atoms with Crippen LogP contribution in [0, 0.1) is 11.8 Å². The van der Waals surface area contributed by atoms with E-state index in [0.29, 0.717) is 47.8 Å². The lowest BCUT2D eigenvalue weighted by Gasteiger charge is -2.27. The molecule has 8 amide bonds. The molecule has 0 spiro atoms. The van der Waals surface area contributed by atoms with Gasteiger partial charge in [0.1, 0.15) is 64.2 Å². The van der Waals surface area contributed by atoms with Gasteiger partial charge < -0.3 is 61.9 Å². The number of nitrogens with zero attached hydrogens (tertiary/aromatic N) is 4. The summed E-state index contributed by atoms with van der Waals surface area (Å²) in [5.41, 5.74) is 7.18. The van der Waals surface area contributed by atoms with E-state index in [4.69, 9.17) is 4.42 Å². The Hall–Kier alpha value is -10.8. The molecule has 8 heterocycles. The maximum absolute atomic E-state index is 12.4. The number of nitrogens with one attached hydrogen (secondary N) is 11. The number of rotatable bonds is 16. The minimum atomic E-state index is -0.592. The number of benzene rings is 2. The third-order valence-electron chi connectivity index (χ3n) is 15.7. The summed E-state index contributed by atoms with van der Waals surface area (Å²) in [4.78, 5) is 124. The number of carbonyl (C=O) groups is 8. The molecular formula is C71H87N15O9. The molecule has 0 radical (unpaired) electrons.